The first-order valence-corrected chi connectivity index (χ1v) is 13.3. The van der Waals surface area contributed by atoms with Crippen LogP contribution in [-0.2, 0) is 17.6 Å². The lowest BCUT2D eigenvalue weighted by molar-refractivity contribution is 0.548. The fraction of sp³-hybridized carbons (Fsp3) is 0.154. The number of hydrogen-bond donors (Lipinski definition) is 4. The highest BCUT2D eigenvalue weighted by atomic mass is 35.5. The average molecular weight is 578 g/mol. The number of aromatic nitrogens is 2. The van der Waals surface area contributed by atoms with Crippen LogP contribution < -0.4 is 17.1 Å². The second kappa shape index (κ2) is 11.8. The Balaban J connectivity index is 1.63. The van der Waals surface area contributed by atoms with Crippen LogP contribution >= 0.6 is 46.6 Å². The van der Waals surface area contributed by atoms with E-state index >= 15 is 0 Å². The second-order valence-corrected chi connectivity index (χ2v) is 10.8. The summed E-state index contributed by atoms with van der Waals surface area (Å²) in [5, 5.41) is 5.90. The summed E-state index contributed by atoms with van der Waals surface area (Å²) < 4.78 is 13.5. The zero-order chi connectivity index (χ0) is 26.6. The zero-order valence-corrected chi connectivity index (χ0v) is 22.8. The Hall–Kier alpha value is -2.75. The molecule has 4 rings (SSSR count). The molecule has 0 amide bonds. The van der Waals surface area contributed by atoms with E-state index in [-0.39, 0.29) is 5.82 Å². The number of benzene rings is 3. The third-order valence-corrected chi connectivity index (χ3v) is 8.17. The van der Waals surface area contributed by atoms with Gasteiger partial charge >= 0.3 is 0 Å². The number of imidazole rings is 1. The minimum atomic E-state index is -0.547. The summed E-state index contributed by atoms with van der Waals surface area (Å²) in [6.45, 7) is 2.09. The maximum Gasteiger partial charge on any atom is 0.166 e. The highest BCUT2D eigenvalue weighted by molar-refractivity contribution is 7.98. The first kappa shape index (κ1) is 27.3. The molecule has 192 valence electrons. The quantitative estimate of drug-likeness (QED) is 0.0635. The van der Waals surface area contributed by atoms with Gasteiger partial charge in [0.25, 0.3) is 0 Å². The lowest BCUT2D eigenvalue weighted by Gasteiger charge is -2.30. The van der Waals surface area contributed by atoms with Crippen LogP contribution in [0.1, 0.15) is 34.9 Å². The molecule has 3 aromatic carbocycles. The van der Waals surface area contributed by atoms with Gasteiger partial charge in [-0.05, 0) is 72.5 Å². The van der Waals surface area contributed by atoms with E-state index in [1.165, 1.54) is 23.9 Å². The van der Waals surface area contributed by atoms with Crippen LogP contribution in [-0.4, -0.2) is 15.8 Å². The van der Waals surface area contributed by atoms with Gasteiger partial charge in [0.2, 0.25) is 0 Å². The molecule has 0 aliphatic heterocycles. The van der Waals surface area contributed by atoms with Crippen LogP contribution in [0, 0.1) is 5.82 Å². The molecule has 0 aliphatic rings. The fourth-order valence-corrected chi connectivity index (χ4v) is 5.44. The fourth-order valence-electron chi connectivity index (χ4n) is 4.03. The van der Waals surface area contributed by atoms with Gasteiger partial charge in [-0.2, -0.15) is 5.10 Å². The highest BCUT2D eigenvalue weighted by Crippen LogP contribution is 2.38. The molecule has 1 unspecified atom stereocenters. The molecule has 0 saturated heterocycles. The molecule has 37 heavy (non-hydrogen) atoms. The van der Waals surface area contributed by atoms with E-state index in [1.54, 1.807) is 30.3 Å². The number of amidine groups is 1. The molecular weight excluding hydrogens is 554 g/mol. The van der Waals surface area contributed by atoms with Crippen molar-refractivity contribution < 1.29 is 4.39 Å². The number of hydrazone groups is 1. The Morgan fingerprint density at radius 2 is 1.78 bits per heavy atom. The van der Waals surface area contributed by atoms with Gasteiger partial charge in [-0.25, -0.2) is 15.2 Å². The molecule has 0 saturated carbocycles. The minimum absolute atomic E-state index is 0.282. The highest BCUT2D eigenvalue weighted by Gasteiger charge is 2.32. The largest absolute Gasteiger partial charge is 0.336 e. The molecule has 6 nitrogen and oxygen atoms in total. The van der Waals surface area contributed by atoms with E-state index < -0.39 is 5.41 Å². The lowest BCUT2D eigenvalue weighted by Crippen LogP contribution is -2.32. The van der Waals surface area contributed by atoms with Gasteiger partial charge in [0.1, 0.15) is 5.82 Å². The van der Waals surface area contributed by atoms with Gasteiger partial charge in [0, 0.05) is 27.4 Å². The van der Waals surface area contributed by atoms with Crippen molar-refractivity contribution >= 4 is 52.4 Å². The summed E-state index contributed by atoms with van der Waals surface area (Å²) in [4.78, 5) is 8.06. The van der Waals surface area contributed by atoms with E-state index in [0.29, 0.717) is 38.2 Å². The van der Waals surface area contributed by atoms with E-state index in [0.717, 1.165) is 27.9 Å². The van der Waals surface area contributed by atoms with Crippen LogP contribution in [0.25, 0.3) is 0 Å². The number of hydrogen-bond acceptors (Lipinski definition) is 5. The van der Waals surface area contributed by atoms with Gasteiger partial charge in [-0.1, -0.05) is 64.8 Å². The number of nitrogens with one attached hydrogen (secondary N) is 2. The number of nitrogens with zero attached hydrogens (tertiary/aromatic N) is 2. The van der Waals surface area contributed by atoms with E-state index in [1.807, 2.05) is 24.4 Å². The Bertz CT molecular complexity index is 1430. The molecule has 1 aromatic heterocycles. The monoisotopic (exact) mass is 576 g/mol. The Morgan fingerprint density at radius 3 is 2.46 bits per heavy atom. The third kappa shape index (κ3) is 6.22. The SMILES string of the molecule is CC(Cc1ccc(F)cc1)(c1ccc(Cl)c(Cl)c1)c1cnc(SCc2cc(/C(=N/N)NN)ccc2Cl)[nH]1. The topological polar surface area (TPSA) is 105 Å². The molecule has 0 aliphatic carbocycles. The first-order valence-electron chi connectivity index (χ1n) is 11.1. The number of aromatic amines is 1. The molecule has 6 N–H and O–H groups in total. The lowest BCUT2D eigenvalue weighted by atomic mass is 9.75. The third-order valence-electron chi connectivity index (χ3n) is 6.12. The normalized spacial score (nSPS) is 13.4. The predicted octanol–water partition coefficient (Wildman–Crippen LogP) is 6.43. The van der Waals surface area contributed by atoms with Crippen molar-refractivity contribution in [2.75, 3.05) is 0 Å². The van der Waals surface area contributed by atoms with E-state index in [9.17, 15) is 4.39 Å². The number of thioether (sulfide) groups is 1. The molecule has 1 atom stereocenters. The minimum Gasteiger partial charge on any atom is -0.336 e. The summed E-state index contributed by atoms with van der Waals surface area (Å²) in [5.41, 5.74) is 6.31. The molecular formula is C26H24Cl3FN6S. The smallest absolute Gasteiger partial charge is 0.166 e. The van der Waals surface area contributed by atoms with E-state index in [2.05, 4.69) is 27.4 Å². The van der Waals surface area contributed by atoms with Crippen molar-refractivity contribution in [3.05, 3.63) is 116 Å². The predicted molar refractivity (Wildman–Crippen MR) is 151 cm³/mol. The Labute approximate surface area is 233 Å². The van der Waals surface area contributed by atoms with Crippen LogP contribution in [0.2, 0.25) is 15.1 Å². The maximum atomic E-state index is 13.5. The van der Waals surface area contributed by atoms with Crippen LogP contribution in [0.3, 0.4) is 0 Å². The van der Waals surface area contributed by atoms with Crippen molar-refractivity contribution in [3.63, 3.8) is 0 Å². The van der Waals surface area contributed by atoms with Crippen molar-refractivity contribution in [1.29, 1.82) is 0 Å². The summed E-state index contributed by atoms with van der Waals surface area (Å²) in [6, 6.07) is 17.5. The zero-order valence-electron chi connectivity index (χ0n) is 19.7. The molecule has 0 fully saturated rings. The summed E-state index contributed by atoms with van der Waals surface area (Å²) in [6.07, 6.45) is 2.39. The molecule has 0 spiro atoms. The number of hydrazine groups is 1. The summed E-state index contributed by atoms with van der Waals surface area (Å²) >= 11 is 20.5. The van der Waals surface area contributed by atoms with Crippen LogP contribution in [0.15, 0.2) is 77.1 Å². The second-order valence-electron chi connectivity index (χ2n) is 8.58. The Morgan fingerprint density at radius 1 is 1.05 bits per heavy atom. The van der Waals surface area contributed by atoms with Gasteiger partial charge in [0.15, 0.2) is 11.0 Å². The van der Waals surface area contributed by atoms with E-state index in [4.69, 9.17) is 46.5 Å². The van der Waals surface area contributed by atoms with Gasteiger partial charge in [0.05, 0.1) is 16.2 Å². The van der Waals surface area contributed by atoms with Gasteiger partial charge in [-0.15, -0.1) is 0 Å². The number of halogens is 4. The molecule has 4 aromatic rings. The maximum absolute atomic E-state index is 13.5. The number of rotatable bonds is 8. The van der Waals surface area contributed by atoms with Crippen LogP contribution in [0.4, 0.5) is 4.39 Å². The molecule has 1 heterocycles. The van der Waals surface area contributed by atoms with Gasteiger partial charge < -0.3 is 16.3 Å². The van der Waals surface area contributed by atoms with Crippen molar-refractivity contribution in [2.45, 2.75) is 29.7 Å². The summed E-state index contributed by atoms with van der Waals surface area (Å²) in [7, 11) is 0. The average Bonchev–Trinajstić information content (AvgIpc) is 3.37. The van der Waals surface area contributed by atoms with Crippen molar-refractivity contribution in [1.82, 2.24) is 15.4 Å². The van der Waals surface area contributed by atoms with Crippen molar-refractivity contribution in [2.24, 2.45) is 16.8 Å². The molecule has 0 radical (unpaired) electrons. The van der Waals surface area contributed by atoms with Gasteiger partial charge in [-0.3, -0.25) is 0 Å². The Kier molecular flexibility index (Phi) is 8.67. The molecule has 0 bridgehead atoms. The first-order chi connectivity index (χ1) is 17.7. The van der Waals surface area contributed by atoms with Crippen molar-refractivity contribution in [3.8, 4) is 0 Å². The molecule has 11 heteroatoms. The van der Waals surface area contributed by atoms with Crippen LogP contribution in [0.5, 0.6) is 0 Å². The standard InChI is InChI=1S/C26H24Cl3FN6S/c1-26(12-15-2-6-19(30)7-3-15,18-5-9-21(28)22(29)11-18)23-13-33-25(34-23)37-14-17-10-16(4-8-20(17)27)24(35-31)36-32/h2-11,13H,12,14,31-32H2,1H3,(H,33,34)(H,35,36). The number of H-pyrrole nitrogens is 1. The number of nitrogens with two attached hydrogens (primary N) is 2. The summed E-state index contributed by atoms with van der Waals surface area (Å²) in [5.74, 6) is 11.5.